The molecule has 1 aliphatic carbocycles. The first kappa shape index (κ1) is 12.6. The van der Waals surface area contributed by atoms with Crippen molar-refractivity contribution in [2.24, 2.45) is 0 Å². The lowest BCUT2D eigenvalue weighted by Crippen LogP contribution is -2.38. The van der Waals surface area contributed by atoms with Crippen LogP contribution >= 0.6 is 15.9 Å². The van der Waals surface area contributed by atoms with E-state index in [4.69, 9.17) is 0 Å². The van der Waals surface area contributed by atoms with Crippen LogP contribution in [0.15, 0.2) is 24.3 Å². The number of halogens is 2. The molecule has 0 saturated heterocycles. The van der Waals surface area contributed by atoms with E-state index >= 15 is 0 Å². The van der Waals surface area contributed by atoms with Crippen LogP contribution in [0.3, 0.4) is 0 Å². The molecule has 1 N–H and O–H groups in total. The van der Waals surface area contributed by atoms with Crippen molar-refractivity contribution >= 4 is 21.8 Å². The number of hydrogen-bond donors (Lipinski definition) is 1. The Morgan fingerprint density at radius 3 is 2.53 bits per heavy atom. The molecule has 0 aliphatic heterocycles. The third-order valence-electron chi connectivity index (χ3n) is 3.11. The van der Waals surface area contributed by atoms with E-state index in [1.54, 1.807) is 12.1 Å². The van der Waals surface area contributed by atoms with Crippen molar-refractivity contribution in [1.82, 2.24) is 5.32 Å². The van der Waals surface area contributed by atoms with Gasteiger partial charge in [0.15, 0.2) is 0 Å². The molecule has 0 heterocycles. The summed E-state index contributed by atoms with van der Waals surface area (Å²) in [5.41, 5.74) is 0.133. The first-order valence-corrected chi connectivity index (χ1v) is 6.78. The summed E-state index contributed by atoms with van der Waals surface area (Å²) in [5.74, 6) is -0.764. The molecule has 1 saturated carbocycles. The minimum Gasteiger partial charge on any atom is -0.349 e. The molecule has 92 valence electrons. The molecular weight excluding hydrogens is 285 g/mol. The standard InChI is InChI=1S/C13H15BrFNO/c14-9-5-7-10(8-6-9)16-13(17)11-3-1-2-4-12(11)15/h1-4,9-10H,5-8H2,(H,16,17). The second kappa shape index (κ2) is 5.63. The maximum absolute atomic E-state index is 13.4. The van der Waals surface area contributed by atoms with E-state index in [1.165, 1.54) is 12.1 Å². The Balaban J connectivity index is 1.96. The number of carbonyl (C=O) groups is 1. The molecule has 0 aromatic heterocycles. The monoisotopic (exact) mass is 299 g/mol. The molecule has 0 bridgehead atoms. The number of amides is 1. The fraction of sp³-hybridized carbons (Fsp3) is 0.462. The topological polar surface area (TPSA) is 29.1 Å². The van der Waals surface area contributed by atoms with E-state index in [0.717, 1.165) is 25.7 Å². The summed E-state index contributed by atoms with van der Waals surface area (Å²) in [4.78, 5) is 12.4. The third-order valence-corrected chi connectivity index (χ3v) is 4.03. The quantitative estimate of drug-likeness (QED) is 0.835. The second-order valence-corrected chi connectivity index (χ2v) is 5.70. The predicted molar refractivity (Wildman–Crippen MR) is 68.8 cm³/mol. The zero-order valence-corrected chi connectivity index (χ0v) is 11.0. The van der Waals surface area contributed by atoms with Crippen molar-refractivity contribution in [3.8, 4) is 0 Å². The van der Waals surface area contributed by atoms with Gasteiger partial charge in [-0.15, -0.1) is 0 Å². The number of rotatable bonds is 2. The molecule has 0 radical (unpaired) electrons. The maximum Gasteiger partial charge on any atom is 0.254 e. The van der Waals surface area contributed by atoms with Gasteiger partial charge in [0.05, 0.1) is 5.56 Å². The molecule has 1 aromatic rings. The first-order valence-electron chi connectivity index (χ1n) is 5.86. The van der Waals surface area contributed by atoms with Gasteiger partial charge in [0.25, 0.3) is 5.91 Å². The Morgan fingerprint density at radius 2 is 1.88 bits per heavy atom. The fourth-order valence-electron chi connectivity index (χ4n) is 2.11. The Labute approximate surface area is 109 Å². The van der Waals surface area contributed by atoms with Crippen LogP contribution in [0.25, 0.3) is 0 Å². The van der Waals surface area contributed by atoms with Gasteiger partial charge in [-0.3, -0.25) is 4.79 Å². The smallest absolute Gasteiger partial charge is 0.254 e. The lowest BCUT2D eigenvalue weighted by molar-refractivity contribution is 0.0924. The molecule has 2 nitrogen and oxygen atoms in total. The fourth-order valence-corrected chi connectivity index (χ4v) is 2.63. The molecule has 1 aromatic carbocycles. The highest BCUT2D eigenvalue weighted by atomic mass is 79.9. The molecule has 1 fully saturated rings. The molecule has 1 aliphatic rings. The van der Waals surface area contributed by atoms with Crippen molar-refractivity contribution in [1.29, 1.82) is 0 Å². The second-order valence-electron chi connectivity index (χ2n) is 4.40. The average Bonchev–Trinajstić information content (AvgIpc) is 2.32. The van der Waals surface area contributed by atoms with E-state index in [1.807, 2.05) is 0 Å². The van der Waals surface area contributed by atoms with Crippen LogP contribution in [0.4, 0.5) is 4.39 Å². The van der Waals surface area contributed by atoms with E-state index in [0.29, 0.717) is 4.83 Å². The van der Waals surface area contributed by atoms with Crippen molar-refractivity contribution < 1.29 is 9.18 Å². The Bertz CT molecular complexity index is 402. The number of carbonyl (C=O) groups excluding carboxylic acids is 1. The highest BCUT2D eigenvalue weighted by Gasteiger charge is 2.21. The first-order chi connectivity index (χ1) is 8.16. The van der Waals surface area contributed by atoms with Crippen LogP contribution in [0.2, 0.25) is 0 Å². The van der Waals surface area contributed by atoms with Gasteiger partial charge in [-0.05, 0) is 37.8 Å². The lowest BCUT2D eigenvalue weighted by Gasteiger charge is -2.26. The molecule has 0 unspecified atom stereocenters. The van der Waals surface area contributed by atoms with Crippen LogP contribution in [-0.4, -0.2) is 16.8 Å². The van der Waals surface area contributed by atoms with Crippen molar-refractivity contribution in [3.05, 3.63) is 35.6 Å². The van der Waals surface area contributed by atoms with E-state index in [9.17, 15) is 9.18 Å². The third kappa shape index (κ3) is 3.28. The lowest BCUT2D eigenvalue weighted by atomic mass is 9.95. The molecule has 1 amide bonds. The minimum absolute atomic E-state index is 0.133. The van der Waals surface area contributed by atoms with Crippen LogP contribution in [0.5, 0.6) is 0 Å². The summed E-state index contributed by atoms with van der Waals surface area (Å²) in [6.45, 7) is 0. The van der Waals surface area contributed by atoms with Crippen LogP contribution in [0.1, 0.15) is 36.0 Å². The summed E-state index contributed by atoms with van der Waals surface area (Å²) in [7, 11) is 0. The largest absolute Gasteiger partial charge is 0.349 e. The highest BCUT2D eigenvalue weighted by molar-refractivity contribution is 9.09. The van der Waals surface area contributed by atoms with Crippen LogP contribution in [-0.2, 0) is 0 Å². The van der Waals surface area contributed by atoms with Gasteiger partial charge in [0.1, 0.15) is 5.82 Å². The van der Waals surface area contributed by atoms with Gasteiger partial charge in [-0.2, -0.15) is 0 Å². The molecule has 17 heavy (non-hydrogen) atoms. The molecule has 2 rings (SSSR count). The number of benzene rings is 1. The number of hydrogen-bond acceptors (Lipinski definition) is 1. The zero-order valence-electron chi connectivity index (χ0n) is 9.46. The average molecular weight is 300 g/mol. The number of nitrogens with one attached hydrogen (secondary N) is 1. The van der Waals surface area contributed by atoms with Gasteiger partial charge in [0, 0.05) is 10.9 Å². The SMILES string of the molecule is O=C(NC1CCC(Br)CC1)c1ccccc1F. The predicted octanol–water partition coefficient (Wildman–Crippen LogP) is 3.26. The Kier molecular flexibility index (Phi) is 4.15. The van der Waals surface area contributed by atoms with Crippen LogP contribution < -0.4 is 5.32 Å². The summed E-state index contributed by atoms with van der Waals surface area (Å²) in [5, 5.41) is 2.90. The van der Waals surface area contributed by atoms with Gasteiger partial charge in [0.2, 0.25) is 0 Å². The number of alkyl halides is 1. The summed E-state index contributed by atoms with van der Waals surface area (Å²) in [6.07, 6.45) is 4.02. The normalized spacial score (nSPS) is 24.4. The van der Waals surface area contributed by atoms with Gasteiger partial charge in [-0.25, -0.2) is 4.39 Å². The zero-order chi connectivity index (χ0) is 12.3. The van der Waals surface area contributed by atoms with E-state index < -0.39 is 5.82 Å². The van der Waals surface area contributed by atoms with Gasteiger partial charge >= 0.3 is 0 Å². The summed E-state index contributed by atoms with van der Waals surface area (Å²) >= 11 is 3.57. The van der Waals surface area contributed by atoms with Gasteiger partial charge in [-0.1, -0.05) is 28.1 Å². The molecule has 0 atom stereocenters. The Hall–Kier alpha value is -0.900. The Morgan fingerprint density at radius 1 is 1.24 bits per heavy atom. The molecule has 4 heteroatoms. The molecule has 0 spiro atoms. The van der Waals surface area contributed by atoms with Gasteiger partial charge < -0.3 is 5.32 Å². The van der Waals surface area contributed by atoms with E-state index in [2.05, 4.69) is 21.2 Å². The van der Waals surface area contributed by atoms with Crippen molar-refractivity contribution in [2.45, 2.75) is 36.6 Å². The maximum atomic E-state index is 13.4. The highest BCUT2D eigenvalue weighted by Crippen LogP contribution is 2.24. The van der Waals surface area contributed by atoms with Crippen molar-refractivity contribution in [2.75, 3.05) is 0 Å². The van der Waals surface area contributed by atoms with Crippen LogP contribution in [0, 0.1) is 5.82 Å². The molecular formula is C13H15BrFNO. The summed E-state index contributed by atoms with van der Waals surface area (Å²) in [6, 6.07) is 6.26. The van der Waals surface area contributed by atoms with E-state index in [-0.39, 0.29) is 17.5 Å². The minimum atomic E-state index is -0.459. The summed E-state index contributed by atoms with van der Waals surface area (Å²) < 4.78 is 13.4. The van der Waals surface area contributed by atoms with Crippen molar-refractivity contribution in [3.63, 3.8) is 0 Å².